The molecule has 0 bridgehead atoms. The van der Waals surface area contributed by atoms with Crippen LogP contribution < -0.4 is 0 Å². The third-order valence-corrected chi connectivity index (χ3v) is 13.9. The molecule has 0 saturated carbocycles. The van der Waals surface area contributed by atoms with Gasteiger partial charge in [0.2, 0.25) is 0 Å². The monoisotopic (exact) mass is 801 g/mol. The van der Waals surface area contributed by atoms with Gasteiger partial charge in [-0.2, -0.15) is 0 Å². The number of hydrogen-bond donors (Lipinski definition) is 0. The lowest BCUT2D eigenvalue weighted by molar-refractivity contribution is 0.278. The van der Waals surface area contributed by atoms with Crippen LogP contribution in [0.15, 0.2) is 212 Å². The van der Waals surface area contributed by atoms with Crippen LogP contribution >= 0.6 is 0 Å². The lowest BCUT2D eigenvalue weighted by Crippen LogP contribution is -2.32. The Hall–Kier alpha value is -6.57. The van der Waals surface area contributed by atoms with Crippen molar-refractivity contribution < 1.29 is 0 Å². The number of pyridine rings is 1. The molecule has 2 unspecified atom stereocenters. The highest BCUT2D eigenvalue weighted by Gasteiger charge is 2.50. The van der Waals surface area contributed by atoms with Crippen LogP contribution in [0.3, 0.4) is 0 Å². The predicted molar refractivity (Wildman–Crippen MR) is 262 cm³/mol. The van der Waals surface area contributed by atoms with Crippen LogP contribution in [-0.4, -0.2) is 4.98 Å². The Morgan fingerprint density at radius 1 is 0.532 bits per heavy atom. The third kappa shape index (κ3) is 7.55. The first-order chi connectivity index (χ1) is 30.6. The van der Waals surface area contributed by atoms with Gasteiger partial charge in [-0.1, -0.05) is 226 Å². The van der Waals surface area contributed by atoms with Crippen LogP contribution in [0.5, 0.6) is 0 Å². The van der Waals surface area contributed by atoms with E-state index >= 15 is 0 Å². The minimum Gasteiger partial charge on any atom is -0.248 e. The molecule has 0 amide bonds. The second kappa shape index (κ2) is 17.4. The van der Waals surface area contributed by atoms with Crippen molar-refractivity contribution in [2.24, 2.45) is 5.92 Å². The summed E-state index contributed by atoms with van der Waals surface area (Å²) in [5, 5.41) is 0. The zero-order valence-electron chi connectivity index (χ0n) is 36.1. The maximum Gasteiger partial charge on any atom is 0.0715 e. The average molecular weight is 802 g/mol. The molecular formula is C61H55N. The van der Waals surface area contributed by atoms with Crippen molar-refractivity contribution in [2.45, 2.75) is 69.6 Å². The Labute approximate surface area is 369 Å². The number of allylic oxidation sites excluding steroid dienone is 8. The van der Waals surface area contributed by atoms with E-state index in [0.29, 0.717) is 11.8 Å². The van der Waals surface area contributed by atoms with Crippen LogP contribution in [0.1, 0.15) is 97.6 Å². The maximum atomic E-state index is 5.21. The zero-order chi connectivity index (χ0) is 41.9. The summed E-state index contributed by atoms with van der Waals surface area (Å²) >= 11 is 0. The Bertz CT molecular complexity index is 2690. The molecule has 1 heteroatoms. The summed E-state index contributed by atoms with van der Waals surface area (Å²) in [4.78, 5) is 5.21. The molecule has 0 radical (unpaired) electrons. The molecule has 62 heavy (non-hydrogen) atoms. The zero-order valence-corrected chi connectivity index (χ0v) is 36.1. The van der Waals surface area contributed by atoms with Gasteiger partial charge in [-0.25, -0.2) is 4.98 Å². The van der Waals surface area contributed by atoms with Crippen molar-refractivity contribution in [1.82, 2.24) is 4.98 Å². The first-order valence-electron chi connectivity index (χ1n) is 22.9. The molecule has 304 valence electrons. The smallest absolute Gasteiger partial charge is 0.0715 e. The van der Waals surface area contributed by atoms with Gasteiger partial charge in [-0.05, 0) is 99.4 Å². The summed E-state index contributed by atoms with van der Waals surface area (Å²) in [7, 11) is 0. The molecule has 2 atom stereocenters. The topological polar surface area (TPSA) is 12.9 Å². The van der Waals surface area contributed by atoms with Gasteiger partial charge in [0.25, 0.3) is 0 Å². The van der Waals surface area contributed by atoms with Crippen LogP contribution in [-0.2, 0) is 5.41 Å². The summed E-state index contributed by atoms with van der Waals surface area (Å²) in [5.41, 5.74) is 19.5. The van der Waals surface area contributed by atoms with Gasteiger partial charge in [0.15, 0.2) is 0 Å². The molecule has 7 aromatic rings. The van der Waals surface area contributed by atoms with E-state index in [9.17, 15) is 0 Å². The first kappa shape index (κ1) is 39.6. The molecule has 0 spiro atoms. The molecule has 0 aliphatic heterocycles. The molecule has 1 aromatic heterocycles. The molecule has 0 fully saturated rings. The lowest BCUT2D eigenvalue weighted by Gasteiger charge is -2.38. The number of nitrogens with zero attached hydrogens (tertiary/aromatic N) is 1. The fourth-order valence-electron chi connectivity index (χ4n) is 11.1. The number of aromatic nitrogens is 1. The van der Waals surface area contributed by atoms with E-state index in [1.807, 2.05) is 0 Å². The lowest BCUT2D eigenvalue weighted by atomic mass is 9.65. The molecule has 0 N–H and O–H groups in total. The molecule has 3 aliphatic rings. The van der Waals surface area contributed by atoms with Crippen LogP contribution in [0.25, 0.3) is 44.8 Å². The summed E-state index contributed by atoms with van der Waals surface area (Å²) < 4.78 is 0. The van der Waals surface area contributed by atoms with E-state index in [4.69, 9.17) is 4.98 Å². The molecule has 1 nitrogen and oxygen atoms in total. The van der Waals surface area contributed by atoms with Gasteiger partial charge >= 0.3 is 0 Å². The van der Waals surface area contributed by atoms with E-state index in [-0.39, 0.29) is 11.3 Å². The highest BCUT2D eigenvalue weighted by atomic mass is 14.7. The minimum absolute atomic E-state index is 0.104. The second-order valence-corrected chi connectivity index (χ2v) is 17.6. The van der Waals surface area contributed by atoms with Crippen molar-refractivity contribution >= 4 is 11.1 Å². The van der Waals surface area contributed by atoms with Gasteiger partial charge < -0.3 is 0 Å². The summed E-state index contributed by atoms with van der Waals surface area (Å²) in [6.45, 7) is 4.76. The predicted octanol–water partition coefficient (Wildman–Crippen LogP) is 16.2. The van der Waals surface area contributed by atoms with E-state index in [2.05, 4.69) is 220 Å². The molecule has 6 aromatic carbocycles. The van der Waals surface area contributed by atoms with Gasteiger partial charge in [-0.3, -0.25) is 0 Å². The van der Waals surface area contributed by atoms with Gasteiger partial charge in [0, 0.05) is 28.4 Å². The van der Waals surface area contributed by atoms with Gasteiger partial charge in [-0.15, -0.1) is 0 Å². The number of hydrogen-bond acceptors (Lipinski definition) is 1. The number of fused-ring (bicyclic) bond motifs is 3. The van der Waals surface area contributed by atoms with Crippen molar-refractivity contribution in [3.8, 4) is 33.6 Å². The number of rotatable bonds is 12. The van der Waals surface area contributed by atoms with Crippen molar-refractivity contribution in [3.63, 3.8) is 0 Å². The second-order valence-electron chi connectivity index (χ2n) is 17.6. The molecule has 3 aliphatic carbocycles. The van der Waals surface area contributed by atoms with Crippen molar-refractivity contribution in [2.75, 3.05) is 0 Å². The van der Waals surface area contributed by atoms with Gasteiger partial charge in [0.05, 0.1) is 11.4 Å². The van der Waals surface area contributed by atoms with Crippen molar-refractivity contribution in [3.05, 3.63) is 245 Å². The molecular weight excluding hydrogens is 747 g/mol. The standard InChI is InChI=1S/C61H55N/c1-3-37-61(38-4-2)56-39-51(44-25-29-47(30-26-44)59-42-53(43-17-9-5-10-18-43)41-58(62-59)46-19-11-6-12-20-46)33-35-54(56)55-36-34-52(40-57(55)61)45-27-31-50(32-28-45)60(48-21-13-7-14-22-48)49-23-15-8-16-24-49/h5-27,29-31,33-36,39-42,54,56,60H,3-4,28,32,37-38H2,1-2H3. The highest BCUT2D eigenvalue weighted by Crippen LogP contribution is 2.59. The SMILES string of the molecule is CCCC1(CCC)c2cc(C3=CC=C(C(c4ccccc4)c4ccccc4)CC3)ccc2C2C=CC(c3ccc(-c4cc(-c5ccccc5)cc(-c5ccccc5)n4)cc3)=CC21. The Morgan fingerprint density at radius 3 is 1.66 bits per heavy atom. The van der Waals surface area contributed by atoms with E-state index in [1.165, 1.54) is 81.3 Å². The minimum atomic E-state index is 0.104. The quantitative estimate of drug-likeness (QED) is 0.120. The Kier molecular flexibility index (Phi) is 11.1. The van der Waals surface area contributed by atoms with Crippen molar-refractivity contribution in [1.29, 1.82) is 0 Å². The van der Waals surface area contributed by atoms with Crippen LogP contribution in [0.4, 0.5) is 0 Å². The fourth-order valence-corrected chi connectivity index (χ4v) is 11.1. The molecule has 10 rings (SSSR count). The largest absolute Gasteiger partial charge is 0.248 e. The summed E-state index contributed by atoms with van der Waals surface area (Å²) in [6.07, 6.45) is 19.3. The van der Waals surface area contributed by atoms with E-state index in [1.54, 1.807) is 5.56 Å². The van der Waals surface area contributed by atoms with Crippen LogP contribution in [0.2, 0.25) is 0 Å². The van der Waals surface area contributed by atoms with E-state index in [0.717, 1.165) is 35.4 Å². The first-order valence-corrected chi connectivity index (χ1v) is 22.9. The Balaban J connectivity index is 0.964. The molecule has 1 heterocycles. The molecule has 0 saturated heterocycles. The Morgan fingerprint density at radius 2 is 1.08 bits per heavy atom. The normalized spacial score (nSPS) is 17.5. The highest BCUT2D eigenvalue weighted by molar-refractivity contribution is 5.81. The number of benzene rings is 6. The van der Waals surface area contributed by atoms with Gasteiger partial charge in [0.1, 0.15) is 0 Å². The third-order valence-electron chi connectivity index (χ3n) is 13.9. The maximum absolute atomic E-state index is 5.21. The average Bonchev–Trinajstić information content (AvgIpc) is 3.60. The summed E-state index contributed by atoms with van der Waals surface area (Å²) in [6, 6.07) is 64.4. The van der Waals surface area contributed by atoms with E-state index < -0.39 is 0 Å². The summed E-state index contributed by atoms with van der Waals surface area (Å²) in [5.74, 6) is 1.10. The van der Waals surface area contributed by atoms with Crippen LogP contribution in [0, 0.1) is 5.92 Å². The fraction of sp³-hybridized carbons (Fsp3) is 0.197.